The molecule has 1 aliphatic carbocycles. The summed E-state index contributed by atoms with van der Waals surface area (Å²) < 4.78 is 11.6. The third-order valence-corrected chi connectivity index (χ3v) is 6.65. The first-order valence-electron chi connectivity index (χ1n) is 9.18. The van der Waals surface area contributed by atoms with Gasteiger partial charge in [-0.25, -0.2) is 4.98 Å². The average molecular weight is 435 g/mol. The highest BCUT2D eigenvalue weighted by atomic mass is 32.2. The number of methoxy groups -OCH3 is 1. The van der Waals surface area contributed by atoms with Crippen LogP contribution in [0.1, 0.15) is 19.8 Å². The van der Waals surface area contributed by atoms with Gasteiger partial charge < -0.3 is 14.8 Å². The fraction of sp³-hybridized carbons (Fsp3) is 0.400. The number of thioether (sulfide) groups is 1. The molecule has 0 spiro atoms. The Bertz CT molecular complexity index is 940. The molecule has 1 aromatic heterocycles. The summed E-state index contributed by atoms with van der Waals surface area (Å²) in [7, 11) is 1.34. The molecule has 29 heavy (non-hydrogen) atoms. The lowest BCUT2D eigenvalue weighted by molar-refractivity contribution is -0.149. The first kappa shape index (κ1) is 21.3. The smallest absolute Gasteiger partial charge is 0.309 e. The minimum Gasteiger partial charge on any atom is -0.469 e. The van der Waals surface area contributed by atoms with Crippen molar-refractivity contribution < 1.29 is 23.9 Å². The lowest BCUT2D eigenvalue weighted by Crippen LogP contribution is -2.35. The van der Waals surface area contributed by atoms with Gasteiger partial charge in [-0.15, -0.1) is 11.3 Å². The van der Waals surface area contributed by atoms with Crippen LogP contribution in [-0.4, -0.2) is 42.3 Å². The fourth-order valence-corrected chi connectivity index (χ4v) is 5.10. The van der Waals surface area contributed by atoms with Crippen LogP contribution >= 0.6 is 23.1 Å². The number of esters is 2. The minimum atomic E-state index is -0.461. The third-order valence-electron chi connectivity index (χ3n) is 4.52. The molecule has 1 aromatic carbocycles. The highest BCUT2D eigenvalue weighted by Gasteiger charge is 2.34. The van der Waals surface area contributed by atoms with Crippen LogP contribution in [0.3, 0.4) is 0 Å². The predicted molar refractivity (Wildman–Crippen MR) is 113 cm³/mol. The number of ether oxygens (including phenoxy) is 2. The first-order valence-corrected chi connectivity index (χ1v) is 11.0. The molecule has 2 unspecified atom stereocenters. The van der Waals surface area contributed by atoms with E-state index < -0.39 is 11.8 Å². The monoisotopic (exact) mass is 434 g/mol. The summed E-state index contributed by atoms with van der Waals surface area (Å²) in [5, 5.41) is 2.92. The van der Waals surface area contributed by atoms with Crippen LogP contribution in [0.4, 0.5) is 5.69 Å². The molecule has 0 saturated heterocycles. The van der Waals surface area contributed by atoms with E-state index >= 15 is 0 Å². The first-order chi connectivity index (χ1) is 14.0. The van der Waals surface area contributed by atoms with Crippen LogP contribution in [0.15, 0.2) is 34.7 Å². The van der Waals surface area contributed by atoms with E-state index in [9.17, 15) is 14.4 Å². The van der Waals surface area contributed by atoms with Crippen LogP contribution in [-0.2, 0) is 23.9 Å². The number of nitrogens with one attached hydrogen (secondary N) is 1. The zero-order chi connectivity index (χ0) is 20.8. The Labute approximate surface area is 176 Å². The molecular formula is C20H22N2O5S2. The molecule has 0 fully saturated rings. The Morgan fingerprint density at radius 3 is 2.72 bits per heavy atom. The Morgan fingerprint density at radius 1 is 1.24 bits per heavy atom. The SMILES string of the molecule is COC(=O)C1CC=CCC1C(=O)Nc1ccc2nc(SCCOC(C)=O)sc2c1. The summed E-state index contributed by atoms with van der Waals surface area (Å²) in [6.07, 6.45) is 4.86. The van der Waals surface area contributed by atoms with E-state index in [1.165, 1.54) is 37.1 Å². The second kappa shape index (κ2) is 9.89. The van der Waals surface area contributed by atoms with Crippen molar-refractivity contribution in [3.05, 3.63) is 30.4 Å². The zero-order valence-electron chi connectivity index (χ0n) is 16.2. The van der Waals surface area contributed by atoms with Crippen molar-refractivity contribution in [3.63, 3.8) is 0 Å². The Kier molecular flexibility index (Phi) is 7.27. The van der Waals surface area contributed by atoms with Crippen molar-refractivity contribution >= 4 is 56.8 Å². The standard InChI is InChI=1S/C20H22N2O5S2/c1-12(23)27-9-10-28-20-22-16-8-7-13(11-17(16)29-20)21-18(24)14-5-3-4-6-15(14)19(25)26-2/h3-4,7-8,11,14-15H,5-6,9-10H2,1-2H3,(H,21,24). The van der Waals surface area contributed by atoms with Gasteiger partial charge in [0.05, 0.1) is 29.2 Å². The summed E-state index contributed by atoms with van der Waals surface area (Å²) in [6, 6.07) is 5.54. The summed E-state index contributed by atoms with van der Waals surface area (Å²) >= 11 is 3.04. The molecule has 0 aliphatic heterocycles. The zero-order valence-corrected chi connectivity index (χ0v) is 17.8. The van der Waals surface area contributed by atoms with E-state index in [0.717, 1.165) is 14.6 Å². The molecule has 0 saturated carbocycles. The van der Waals surface area contributed by atoms with Gasteiger partial charge in [0.15, 0.2) is 4.34 Å². The lowest BCUT2D eigenvalue weighted by atomic mass is 9.82. The van der Waals surface area contributed by atoms with Crippen molar-refractivity contribution in [2.24, 2.45) is 11.8 Å². The molecule has 9 heteroatoms. The molecule has 1 N–H and O–H groups in total. The molecule has 0 radical (unpaired) electrons. The number of rotatable bonds is 7. The van der Waals surface area contributed by atoms with Crippen LogP contribution in [0.25, 0.3) is 10.2 Å². The van der Waals surface area contributed by atoms with Gasteiger partial charge in [0.1, 0.15) is 6.61 Å². The van der Waals surface area contributed by atoms with E-state index in [2.05, 4.69) is 10.3 Å². The summed E-state index contributed by atoms with van der Waals surface area (Å²) in [6.45, 7) is 1.73. The van der Waals surface area contributed by atoms with Crippen molar-refractivity contribution in [1.82, 2.24) is 4.98 Å². The number of carbonyl (C=O) groups excluding carboxylic acids is 3. The van der Waals surface area contributed by atoms with Crippen LogP contribution < -0.4 is 5.32 Å². The molecular weight excluding hydrogens is 412 g/mol. The number of hydrogen-bond donors (Lipinski definition) is 1. The maximum atomic E-state index is 12.8. The van der Waals surface area contributed by atoms with Crippen molar-refractivity contribution in [2.75, 3.05) is 24.8 Å². The molecule has 1 heterocycles. The Hall–Kier alpha value is -2.39. The van der Waals surface area contributed by atoms with Gasteiger partial charge in [-0.05, 0) is 31.0 Å². The number of allylic oxidation sites excluding steroid dienone is 2. The average Bonchev–Trinajstić information content (AvgIpc) is 3.12. The van der Waals surface area contributed by atoms with Crippen LogP contribution in [0.2, 0.25) is 0 Å². The quantitative estimate of drug-likeness (QED) is 0.308. The largest absolute Gasteiger partial charge is 0.469 e. The second-order valence-electron chi connectivity index (χ2n) is 6.52. The van der Waals surface area contributed by atoms with E-state index in [4.69, 9.17) is 9.47 Å². The van der Waals surface area contributed by atoms with Gasteiger partial charge in [0, 0.05) is 18.4 Å². The van der Waals surface area contributed by atoms with Gasteiger partial charge >= 0.3 is 11.9 Å². The van der Waals surface area contributed by atoms with Crippen LogP contribution in [0, 0.1) is 11.8 Å². The van der Waals surface area contributed by atoms with Crippen molar-refractivity contribution in [3.8, 4) is 0 Å². The van der Waals surface area contributed by atoms with Gasteiger partial charge in [-0.2, -0.15) is 0 Å². The highest BCUT2D eigenvalue weighted by molar-refractivity contribution is 8.01. The van der Waals surface area contributed by atoms with Gasteiger partial charge in [0.2, 0.25) is 5.91 Å². The van der Waals surface area contributed by atoms with E-state index in [1.54, 1.807) is 6.07 Å². The fourth-order valence-electron chi connectivity index (χ4n) is 3.11. The number of thiazole rings is 1. The molecule has 0 bridgehead atoms. The number of amides is 1. The number of hydrogen-bond acceptors (Lipinski definition) is 8. The van der Waals surface area contributed by atoms with Gasteiger partial charge in [0.25, 0.3) is 0 Å². The van der Waals surface area contributed by atoms with E-state index in [-0.39, 0.29) is 17.8 Å². The predicted octanol–water partition coefficient (Wildman–Crippen LogP) is 3.65. The maximum Gasteiger partial charge on any atom is 0.309 e. The lowest BCUT2D eigenvalue weighted by Gasteiger charge is -2.25. The highest BCUT2D eigenvalue weighted by Crippen LogP contribution is 2.32. The number of carbonyl (C=O) groups is 3. The Balaban J connectivity index is 1.65. The molecule has 1 aliphatic rings. The van der Waals surface area contributed by atoms with E-state index in [1.807, 2.05) is 24.3 Å². The summed E-state index contributed by atoms with van der Waals surface area (Å²) in [5.74, 6) is -1.12. The molecule has 3 rings (SSSR count). The molecule has 154 valence electrons. The molecule has 1 amide bonds. The number of aromatic nitrogens is 1. The van der Waals surface area contributed by atoms with Crippen molar-refractivity contribution in [2.45, 2.75) is 24.1 Å². The summed E-state index contributed by atoms with van der Waals surface area (Å²) in [4.78, 5) is 40.1. The maximum absolute atomic E-state index is 12.8. The van der Waals surface area contributed by atoms with Gasteiger partial charge in [-0.1, -0.05) is 23.9 Å². The second-order valence-corrected chi connectivity index (χ2v) is 8.89. The van der Waals surface area contributed by atoms with Crippen LogP contribution in [0.5, 0.6) is 0 Å². The number of anilines is 1. The molecule has 2 atom stereocenters. The topological polar surface area (TPSA) is 94.6 Å². The molecule has 7 nitrogen and oxygen atoms in total. The van der Waals surface area contributed by atoms with Crippen molar-refractivity contribution in [1.29, 1.82) is 0 Å². The Morgan fingerprint density at radius 2 is 2.00 bits per heavy atom. The number of benzene rings is 1. The summed E-state index contributed by atoms with van der Waals surface area (Å²) in [5.41, 5.74) is 1.51. The number of fused-ring (bicyclic) bond motifs is 1. The normalized spacial score (nSPS) is 18.4. The third kappa shape index (κ3) is 5.57. The number of nitrogens with zero attached hydrogens (tertiary/aromatic N) is 1. The molecule has 2 aromatic rings. The van der Waals surface area contributed by atoms with Gasteiger partial charge in [-0.3, -0.25) is 14.4 Å². The minimum absolute atomic E-state index is 0.190. The van der Waals surface area contributed by atoms with E-state index in [0.29, 0.717) is 30.9 Å².